The Bertz CT molecular complexity index is 551. The summed E-state index contributed by atoms with van der Waals surface area (Å²) in [7, 11) is 1.56. The third kappa shape index (κ3) is 2.23. The molecular weight excluding hydrogens is 226 g/mol. The first-order valence-corrected chi connectivity index (χ1v) is 5.10. The first-order valence-electron chi connectivity index (χ1n) is 4.73. The smallest absolute Gasteiger partial charge is 0.268 e. The van der Waals surface area contributed by atoms with Gasteiger partial charge in [0.05, 0.1) is 5.69 Å². The van der Waals surface area contributed by atoms with E-state index >= 15 is 0 Å². The van der Waals surface area contributed by atoms with Crippen molar-refractivity contribution in [3.05, 3.63) is 51.9 Å². The van der Waals surface area contributed by atoms with Crippen LogP contribution < -0.4 is 10.9 Å². The molecule has 0 radical (unpaired) electrons. The molecule has 0 aliphatic heterocycles. The molecule has 2 aromatic rings. The maximum Gasteiger partial charge on any atom is 0.268 e. The topological polar surface area (TPSA) is 46.9 Å². The summed E-state index contributed by atoms with van der Waals surface area (Å²) in [6, 6.07) is 10.9. The zero-order chi connectivity index (χ0) is 11.5. The van der Waals surface area contributed by atoms with Crippen molar-refractivity contribution in [1.29, 1.82) is 0 Å². The van der Waals surface area contributed by atoms with Gasteiger partial charge in [-0.25, -0.2) is 4.68 Å². The van der Waals surface area contributed by atoms with Crippen molar-refractivity contribution in [2.45, 2.75) is 0 Å². The molecule has 0 aliphatic carbocycles. The molecule has 0 aliphatic rings. The van der Waals surface area contributed by atoms with Crippen LogP contribution in [-0.4, -0.2) is 9.78 Å². The van der Waals surface area contributed by atoms with Crippen molar-refractivity contribution in [3.8, 4) is 0 Å². The van der Waals surface area contributed by atoms with Crippen molar-refractivity contribution < 1.29 is 0 Å². The molecule has 16 heavy (non-hydrogen) atoms. The summed E-state index contributed by atoms with van der Waals surface area (Å²) in [4.78, 5) is 11.4. The summed E-state index contributed by atoms with van der Waals surface area (Å²) in [5, 5.41) is 7.18. The third-order valence-electron chi connectivity index (χ3n) is 2.10. The summed E-state index contributed by atoms with van der Waals surface area (Å²) in [6.45, 7) is 0. The molecule has 4 nitrogen and oxygen atoms in total. The number of halogens is 1. The Morgan fingerprint density at radius 2 is 2.00 bits per heavy atom. The maximum absolute atomic E-state index is 11.4. The monoisotopic (exact) mass is 235 g/mol. The van der Waals surface area contributed by atoms with Crippen molar-refractivity contribution in [1.82, 2.24) is 9.78 Å². The summed E-state index contributed by atoms with van der Waals surface area (Å²) >= 11 is 5.92. The summed E-state index contributed by atoms with van der Waals surface area (Å²) in [6.07, 6.45) is 0. The van der Waals surface area contributed by atoms with Crippen LogP contribution in [0.25, 0.3) is 0 Å². The Morgan fingerprint density at radius 1 is 1.31 bits per heavy atom. The molecule has 0 fully saturated rings. The zero-order valence-corrected chi connectivity index (χ0v) is 9.40. The van der Waals surface area contributed by atoms with Gasteiger partial charge in [-0.3, -0.25) is 4.79 Å². The molecule has 2 rings (SSSR count). The second kappa shape index (κ2) is 4.37. The van der Waals surface area contributed by atoms with Gasteiger partial charge in [-0.05, 0) is 12.1 Å². The number of benzene rings is 1. The molecule has 0 saturated heterocycles. The SMILES string of the molecule is Cn1nc(Cl)c(Nc2ccccc2)cc1=O. The fourth-order valence-electron chi connectivity index (χ4n) is 1.28. The average Bonchev–Trinajstić information content (AvgIpc) is 2.27. The number of anilines is 2. The molecule has 0 atom stereocenters. The third-order valence-corrected chi connectivity index (χ3v) is 2.38. The Balaban J connectivity index is 2.36. The zero-order valence-electron chi connectivity index (χ0n) is 8.64. The quantitative estimate of drug-likeness (QED) is 0.868. The van der Waals surface area contributed by atoms with Crippen LogP contribution >= 0.6 is 11.6 Å². The van der Waals surface area contributed by atoms with E-state index in [0.717, 1.165) is 5.69 Å². The lowest BCUT2D eigenvalue weighted by atomic mass is 10.3. The van der Waals surface area contributed by atoms with Crippen LogP contribution in [0.1, 0.15) is 0 Å². The van der Waals surface area contributed by atoms with Crippen LogP contribution in [0.4, 0.5) is 11.4 Å². The number of nitrogens with one attached hydrogen (secondary N) is 1. The van der Waals surface area contributed by atoms with Gasteiger partial charge >= 0.3 is 0 Å². The van der Waals surface area contributed by atoms with E-state index in [4.69, 9.17) is 11.6 Å². The Kier molecular flexibility index (Phi) is 2.92. The van der Waals surface area contributed by atoms with Crippen LogP contribution in [0.3, 0.4) is 0 Å². The van der Waals surface area contributed by atoms with E-state index in [1.807, 2.05) is 30.3 Å². The number of rotatable bonds is 2. The van der Waals surface area contributed by atoms with Gasteiger partial charge in [0.25, 0.3) is 5.56 Å². The van der Waals surface area contributed by atoms with Crippen LogP contribution in [0, 0.1) is 0 Å². The van der Waals surface area contributed by atoms with Gasteiger partial charge < -0.3 is 5.32 Å². The van der Waals surface area contributed by atoms with E-state index in [0.29, 0.717) is 5.69 Å². The minimum atomic E-state index is -0.206. The van der Waals surface area contributed by atoms with Crippen molar-refractivity contribution in [3.63, 3.8) is 0 Å². The molecule has 1 heterocycles. The fourth-order valence-corrected chi connectivity index (χ4v) is 1.49. The second-order valence-corrected chi connectivity index (χ2v) is 3.66. The fraction of sp³-hybridized carbons (Fsp3) is 0.0909. The number of para-hydroxylation sites is 1. The molecule has 0 saturated carbocycles. The van der Waals surface area contributed by atoms with E-state index < -0.39 is 0 Å². The first-order chi connectivity index (χ1) is 7.66. The average molecular weight is 236 g/mol. The van der Waals surface area contributed by atoms with E-state index in [1.54, 1.807) is 7.05 Å². The van der Waals surface area contributed by atoms with Gasteiger partial charge in [0.1, 0.15) is 0 Å². The van der Waals surface area contributed by atoms with Crippen molar-refractivity contribution in [2.24, 2.45) is 7.05 Å². The predicted octanol–water partition coefficient (Wildman–Crippen LogP) is 2.18. The molecule has 0 spiro atoms. The first kappa shape index (κ1) is 10.7. The minimum Gasteiger partial charge on any atom is -0.353 e. The van der Waals surface area contributed by atoms with Gasteiger partial charge in [-0.2, -0.15) is 5.10 Å². The van der Waals surface area contributed by atoms with E-state index in [2.05, 4.69) is 10.4 Å². The Morgan fingerprint density at radius 3 is 2.69 bits per heavy atom. The molecule has 1 aromatic heterocycles. The predicted molar refractivity (Wildman–Crippen MR) is 64.2 cm³/mol. The van der Waals surface area contributed by atoms with Gasteiger partial charge in [0.15, 0.2) is 5.15 Å². The summed E-state index contributed by atoms with van der Waals surface area (Å²) in [5.41, 5.74) is 1.17. The van der Waals surface area contributed by atoms with Gasteiger partial charge in [-0.15, -0.1) is 0 Å². The van der Waals surface area contributed by atoms with Gasteiger partial charge in [-0.1, -0.05) is 29.8 Å². The Hall–Kier alpha value is -1.81. The molecule has 0 amide bonds. The second-order valence-electron chi connectivity index (χ2n) is 3.30. The van der Waals surface area contributed by atoms with E-state index in [-0.39, 0.29) is 10.7 Å². The van der Waals surface area contributed by atoms with Crippen LogP contribution in [-0.2, 0) is 7.05 Å². The lowest BCUT2D eigenvalue weighted by Gasteiger charge is -2.07. The van der Waals surface area contributed by atoms with Crippen molar-refractivity contribution in [2.75, 3.05) is 5.32 Å². The highest BCUT2D eigenvalue weighted by atomic mass is 35.5. The number of hydrogen-bond donors (Lipinski definition) is 1. The number of aromatic nitrogens is 2. The lowest BCUT2D eigenvalue weighted by molar-refractivity contribution is 0.709. The standard InChI is InChI=1S/C11H10ClN3O/c1-15-10(16)7-9(11(12)14-15)13-8-5-3-2-4-6-8/h2-7,13H,1H3. The van der Waals surface area contributed by atoms with Gasteiger partial charge in [0.2, 0.25) is 0 Å². The highest BCUT2D eigenvalue weighted by Gasteiger charge is 2.04. The Labute approximate surface area is 97.5 Å². The number of hydrogen-bond acceptors (Lipinski definition) is 3. The normalized spacial score (nSPS) is 10.1. The van der Waals surface area contributed by atoms with E-state index in [1.165, 1.54) is 10.7 Å². The number of nitrogens with zero attached hydrogens (tertiary/aromatic N) is 2. The summed E-state index contributed by atoms with van der Waals surface area (Å²) in [5.74, 6) is 0. The molecule has 1 aromatic carbocycles. The van der Waals surface area contributed by atoms with Crippen LogP contribution in [0.15, 0.2) is 41.2 Å². The molecule has 1 N–H and O–H groups in total. The van der Waals surface area contributed by atoms with Crippen molar-refractivity contribution >= 4 is 23.0 Å². The molecule has 0 bridgehead atoms. The highest BCUT2D eigenvalue weighted by molar-refractivity contribution is 6.32. The largest absolute Gasteiger partial charge is 0.353 e. The van der Waals surface area contributed by atoms with Crippen LogP contribution in [0.5, 0.6) is 0 Å². The number of aryl methyl sites for hydroxylation is 1. The molecular formula is C11H10ClN3O. The molecule has 5 heteroatoms. The van der Waals surface area contributed by atoms with E-state index in [9.17, 15) is 4.79 Å². The summed E-state index contributed by atoms with van der Waals surface area (Å²) < 4.78 is 1.19. The highest BCUT2D eigenvalue weighted by Crippen LogP contribution is 2.20. The molecule has 0 unspecified atom stereocenters. The lowest BCUT2D eigenvalue weighted by Crippen LogP contribution is -2.19. The maximum atomic E-state index is 11.4. The molecule has 82 valence electrons. The van der Waals surface area contributed by atoms with Crippen LogP contribution in [0.2, 0.25) is 5.15 Å². The van der Waals surface area contributed by atoms with Gasteiger partial charge in [0, 0.05) is 18.8 Å². The minimum absolute atomic E-state index is 0.206.